The van der Waals surface area contributed by atoms with Crippen molar-refractivity contribution < 1.29 is 14.4 Å². The Morgan fingerprint density at radius 2 is 1.02 bits per heavy atom. The summed E-state index contributed by atoms with van der Waals surface area (Å²) in [7, 11) is 0. The first-order valence-electron chi connectivity index (χ1n) is 15.8. The van der Waals surface area contributed by atoms with Gasteiger partial charge in [0.1, 0.15) is 11.6 Å². The van der Waals surface area contributed by atoms with E-state index in [9.17, 15) is 14.4 Å². The SMILES string of the molecule is CCC(=O)C(CC(C)(C)C(C)(C)C(CC(C)(C)N)C(C)=O)C(C)(C)C(C)(C)CC(C(=O)NC(C)(C)CC)C(C)(C)N. The van der Waals surface area contributed by atoms with Crippen molar-refractivity contribution in [1.82, 2.24) is 5.32 Å². The molecule has 0 heterocycles. The average molecular weight is 580 g/mol. The van der Waals surface area contributed by atoms with Gasteiger partial charge in [-0.1, -0.05) is 69.2 Å². The van der Waals surface area contributed by atoms with Gasteiger partial charge in [-0.3, -0.25) is 14.4 Å². The van der Waals surface area contributed by atoms with Crippen LogP contribution in [0, 0.1) is 39.4 Å². The van der Waals surface area contributed by atoms with Gasteiger partial charge in [0, 0.05) is 34.9 Å². The molecule has 242 valence electrons. The molecule has 3 atom stereocenters. The zero-order chi connectivity index (χ0) is 33.2. The molecule has 0 aliphatic carbocycles. The van der Waals surface area contributed by atoms with E-state index in [1.54, 1.807) is 6.92 Å². The number of ketones is 2. The normalized spacial score (nSPS) is 16.7. The van der Waals surface area contributed by atoms with Crippen molar-refractivity contribution in [2.45, 2.75) is 166 Å². The Morgan fingerprint density at radius 3 is 1.34 bits per heavy atom. The Balaban J connectivity index is 6.68. The minimum Gasteiger partial charge on any atom is -0.351 e. The first-order chi connectivity index (χ1) is 17.9. The van der Waals surface area contributed by atoms with E-state index in [1.165, 1.54) is 0 Å². The molecule has 1 amide bonds. The summed E-state index contributed by atoms with van der Waals surface area (Å²) < 4.78 is 0. The van der Waals surface area contributed by atoms with E-state index in [2.05, 4.69) is 67.6 Å². The predicted molar refractivity (Wildman–Crippen MR) is 174 cm³/mol. The summed E-state index contributed by atoms with van der Waals surface area (Å²) in [5.41, 5.74) is 9.88. The molecule has 41 heavy (non-hydrogen) atoms. The summed E-state index contributed by atoms with van der Waals surface area (Å²) in [5.74, 6) is -0.634. The smallest absolute Gasteiger partial charge is 0.225 e. The minimum absolute atomic E-state index is 0.0400. The van der Waals surface area contributed by atoms with Crippen LogP contribution in [0.1, 0.15) is 150 Å². The van der Waals surface area contributed by atoms with Crippen LogP contribution in [0.5, 0.6) is 0 Å². The molecule has 0 radical (unpaired) electrons. The largest absolute Gasteiger partial charge is 0.351 e. The quantitative estimate of drug-likeness (QED) is 0.165. The molecule has 0 spiro atoms. The van der Waals surface area contributed by atoms with Crippen LogP contribution in [0.25, 0.3) is 0 Å². The lowest BCUT2D eigenvalue weighted by atomic mass is 9.50. The summed E-state index contributed by atoms with van der Waals surface area (Å²) in [6, 6.07) is 0. The second kappa shape index (κ2) is 13.2. The molecule has 0 aliphatic rings. The minimum atomic E-state index is -0.740. The maximum atomic E-state index is 13.8. The van der Waals surface area contributed by atoms with Gasteiger partial charge in [0.2, 0.25) is 5.91 Å². The van der Waals surface area contributed by atoms with Crippen molar-refractivity contribution >= 4 is 17.5 Å². The highest BCUT2D eigenvalue weighted by Gasteiger charge is 2.53. The van der Waals surface area contributed by atoms with Crippen LogP contribution in [0.15, 0.2) is 0 Å². The van der Waals surface area contributed by atoms with Crippen molar-refractivity contribution in [3.8, 4) is 0 Å². The molecule has 0 rings (SSSR count). The third kappa shape index (κ3) is 10.2. The monoisotopic (exact) mass is 580 g/mol. The number of hydrogen-bond donors (Lipinski definition) is 3. The number of nitrogens with two attached hydrogens (primary N) is 2. The van der Waals surface area contributed by atoms with E-state index in [0.29, 0.717) is 25.7 Å². The predicted octanol–water partition coefficient (Wildman–Crippen LogP) is 7.46. The van der Waals surface area contributed by atoms with E-state index >= 15 is 0 Å². The van der Waals surface area contributed by atoms with Crippen molar-refractivity contribution in [3.63, 3.8) is 0 Å². The van der Waals surface area contributed by atoms with Gasteiger partial charge in [-0.15, -0.1) is 0 Å². The summed E-state index contributed by atoms with van der Waals surface area (Å²) in [4.78, 5) is 40.4. The summed E-state index contributed by atoms with van der Waals surface area (Å²) in [6.07, 6.45) is 3.00. The fourth-order valence-corrected chi connectivity index (χ4v) is 6.14. The van der Waals surface area contributed by atoms with E-state index in [-0.39, 0.29) is 40.3 Å². The zero-order valence-electron chi connectivity index (χ0n) is 30.1. The van der Waals surface area contributed by atoms with Crippen molar-refractivity contribution in [2.75, 3.05) is 0 Å². The molecule has 0 saturated carbocycles. The number of amides is 1. The van der Waals surface area contributed by atoms with Gasteiger partial charge in [-0.2, -0.15) is 0 Å². The maximum Gasteiger partial charge on any atom is 0.225 e. The topological polar surface area (TPSA) is 115 Å². The van der Waals surface area contributed by atoms with Crippen molar-refractivity contribution in [1.29, 1.82) is 0 Å². The second-order valence-corrected chi connectivity index (χ2v) is 17.4. The average Bonchev–Trinajstić information content (AvgIpc) is 2.76. The third-order valence-electron chi connectivity index (χ3n) is 11.2. The molecule has 0 fully saturated rings. The molecule has 0 aliphatic heterocycles. The highest BCUT2D eigenvalue weighted by atomic mass is 16.2. The van der Waals surface area contributed by atoms with E-state index < -0.39 is 33.2 Å². The lowest BCUT2D eigenvalue weighted by Crippen LogP contribution is -2.56. The van der Waals surface area contributed by atoms with Gasteiger partial charge in [-0.25, -0.2) is 0 Å². The van der Waals surface area contributed by atoms with Gasteiger partial charge >= 0.3 is 0 Å². The maximum absolute atomic E-state index is 13.8. The Bertz CT molecular complexity index is 914. The Labute approximate surface area is 254 Å². The molecule has 6 heteroatoms. The van der Waals surface area contributed by atoms with Crippen LogP contribution in [0.4, 0.5) is 0 Å². The van der Waals surface area contributed by atoms with Crippen LogP contribution in [0.3, 0.4) is 0 Å². The van der Waals surface area contributed by atoms with Gasteiger partial charge in [-0.05, 0) is 95.8 Å². The second-order valence-electron chi connectivity index (χ2n) is 17.4. The first-order valence-corrected chi connectivity index (χ1v) is 15.8. The number of rotatable bonds is 17. The first kappa shape index (κ1) is 39.7. The number of carbonyl (C=O) groups is 3. The van der Waals surface area contributed by atoms with Crippen LogP contribution in [-0.4, -0.2) is 34.1 Å². The van der Waals surface area contributed by atoms with Crippen LogP contribution in [-0.2, 0) is 14.4 Å². The molecule has 6 nitrogen and oxygen atoms in total. The highest BCUT2D eigenvalue weighted by molar-refractivity contribution is 5.82. The lowest BCUT2D eigenvalue weighted by Gasteiger charge is -2.54. The Hall–Kier alpha value is -1.27. The standard InChI is InChI=1S/C35H69N3O3/c1-18-27(40)25(20-29(4,5)33(12,13)24(23(3)39)22-31(8,9)36)34(14,15)30(6,7)21-26(35(16,17)37)28(41)38-32(10,11)19-2/h24-26H,18-22,36-37H2,1-17H3,(H,38,41). The molecule has 5 N–H and O–H groups in total. The van der Waals surface area contributed by atoms with E-state index in [4.69, 9.17) is 11.5 Å². The highest BCUT2D eigenvalue weighted by Crippen LogP contribution is 2.57. The number of nitrogens with one attached hydrogen (secondary N) is 1. The molecule has 0 aromatic rings. The van der Waals surface area contributed by atoms with Gasteiger partial charge in [0.15, 0.2) is 0 Å². The molecule has 0 aromatic carbocycles. The molecule has 0 bridgehead atoms. The molecule has 3 unspecified atom stereocenters. The molecule has 0 aromatic heterocycles. The number of Topliss-reactive ketones (excluding diaryl/α,β-unsaturated/α-hetero) is 2. The van der Waals surface area contributed by atoms with Gasteiger partial charge in [0.25, 0.3) is 0 Å². The summed E-state index contributed by atoms with van der Waals surface area (Å²) >= 11 is 0. The third-order valence-corrected chi connectivity index (χ3v) is 11.2. The Kier molecular flexibility index (Phi) is 12.8. The molecular formula is C35H69N3O3. The van der Waals surface area contributed by atoms with Crippen LogP contribution >= 0.6 is 0 Å². The van der Waals surface area contributed by atoms with E-state index in [1.807, 2.05) is 48.5 Å². The van der Waals surface area contributed by atoms with Gasteiger partial charge < -0.3 is 16.8 Å². The molecule has 0 saturated heterocycles. The van der Waals surface area contributed by atoms with E-state index in [0.717, 1.165) is 6.42 Å². The summed E-state index contributed by atoms with van der Waals surface area (Å²) in [6.45, 7) is 34.9. The van der Waals surface area contributed by atoms with Crippen molar-refractivity contribution in [2.24, 2.45) is 50.9 Å². The van der Waals surface area contributed by atoms with Crippen molar-refractivity contribution in [3.05, 3.63) is 0 Å². The fraction of sp³-hybridized carbons (Fsp3) is 0.914. The molecular weight excluding hydrogens is 510 g/mol. The summed E-state index contributed by atoms with van der Waals surface area (Å²) in [5, 5.41) is 3.22. The van der Waals surface area contributed by atoms with Crippen LogP contribution < -0.4 is 16.8 Å². The zero-order valence-corrected chi connectivity index (χ0v) is 30.1. The van der Waals surface area contributed by atoms with Gasteiger partial charge in [0.05, 0.1) is 5.92 Å². The van der Waals surface area contributed by atoms with Crippen LogP contribution in [0.2, 0.25) is 0 Å². The Morgan fingerprint density at radius 1 is 0.634 bits per heavy atom. The number of carbonyl (C=O) groups excluding carboxylic acids is 3. The lowest BCUT2D eigenvalue weighted by molar-refractivity contribution is -0.139. The number of hydrogen-bond acceptors (Lipinski definition) is 5. The fourth-order valence-electron chi connectivity index (χ4n) is 6.14.